The highest BCUT2D eigenvalue weighted by molar-refractivity contribution is 7.98. The number of hydrogen-bond acceptors (Lipinski definition) is 7. The van der Waals surface area contributed by atoms with Crippen molar-refractivity contribution >= 4 is 43.2 Å². The maximum Gasteiger partial charge on any atom is 0.191 e. The van der Waals surface area contributed by atoms with Gasteiger partial charge in [0.2, 0.25) is 0 Å². The number of fused-ring (bicyclic) bond motifs is 1. The lowest BCUT2D eigenvalue weighted by Crippen LogP contribution is -2.11. The molecule has 25 heavy (non-hydrogen) atoms. The van der Waals surface area contributed by atoms with Crippen LogP contribution in [-0.2, 0) is 29.1 Å². The summed E-state index contributed by atoms with van der Waals surface area (Å²) in [7, 11) is -0.906. The van der Waals surface area contributed by atoms with Crippen LogP contribution in [0.1, 0.15) is 17.3 Å². The monoisotopic (exact) mass is 394 g/mol. The molecule has 0 bridgehead atoms. The highest BCUT2D eigenvalue weighted by Crippen LogP contribution is 2.28. The predicted molar refractivity (Wildman–Crippen MR) is 101 cm³/mol. The lowest BCUT2D eigenvalue weighted by atomic mass is 10.1. The number of aromatic nitrogens is 4. The lowest BCUT2D eigenvalue weighted by molar-refractivity contribution is 0.552. The molecule has 1 fully saturated rings. The average Bonchev–Trinajstić information content (AvgIpc) is 3.24. The molecular formula is C16H18N4O2S3. The van der Waals surface area contributed by atoms with Crippen molar-refractivity contribution in [3.63, 3.8) is 0 Å². The first-order chi connectivity index (χ1) is 12.0. The van der Waals surface area contributed by atoms with Gasteiger partial charge in [0, 0.05) is 13.5 Å². The predicted octanol–water partition coefficient (Wildman–Crippen LogP) is 2.69. The van der Waals surface area contributed by atoms with E-state index >= 15 is 0 Å². The molecule has 1 aliphatic heterocycles. The van der Waals surface area contributed by atoms with Crippen molar-refractivity contribution in [2.45, 2.75) is 23.8 Å². The number of nitrogens with zero attached hydrogens (tertiary/aromatic N) is 4. The Balaban J connectivity index is 1.42. The Hall–Kier alpha value is -1.45. The number of hydrogen-bond donors (Lipinski definition) is 0. The van der Waals surface area contributed by atoms with Gasteiger partial charge < -0.3 is 4.57 Å². The molecule has 1 aliphatic rings. The molecule has 9 heteroatoms. The lowest BCUT2D eigenvalue weighted by Gasteiger charge is -2.07. The first kappa shape index (κ1) is 17.0. The highest BCUT2D eigenvalue weighted by atomic mass is 32.2. The molecule has 0 radical (unpaired) electrons. The van der Waals surface area contributed by atoms with Crippen LogP contribution in [0.25, 0.3) is 10.2 Å². The first-order valence-corrected chi connectivity index (χ1v) is 11.7. The minimum atomic E-state index is -2.85. The van der Waals surface area contributed by atoms with Gasteiger partial charge >= 0.3 is 0 Å². The summed E-state index contributed by atoms with van der Waals surface area (Å²) >= 11 is 3.31. The van der Waals surface area contributed by atoms with E-state index in [-0.39, 0.29) is 11.7 Å². The molecule has 0 unspecified atom stereocenters. The fourth-order valence-corrected chi connectivity index (χ4v) is 6.80. The van der Waals surface area contributed by atoms with Crippen molar-refractivity contribution in [1.82, 2.24) is 19.7 Å². The molecular weight excluding hydrogens is 376 g/mol. The van der Waals surface area contributed by atoms with E-state index in [1.165, 1.54) is 4.70 Å². The Morgan fingerprint density at radius 1 is 1.32 bits per heavy atom. The molecule has 0 spiro atoms. The molecule has 0 aliphatic carbocycles. The molecule has 0 N–H and O–H groups in total. The van der Waals surface area contributed by atoms with Crippen LogP contribution in [0, 0.1) is 5.92 Å². The second-order valence-electron chi connectivity index (χ2n) is 6.30. The number of sulfone groups is 1. The summed E-state index contributed by atoms with van der Waals surface area (Å²) in [5, 5.41) is 10.4. The van der Waals surface area contributed by atoms with Gasteiger partial charge in [-0.05, 0) is 24.5 Å². The van der Waals surface area contributed by atoms with Gasteiger partial charge in [-0.3, -0.25) is 0 Å². The molecule has 3 aromatic rings. The highest BCUT2D eigenvalue weighted by Gasteiger charge is 2.29. The number of benzene rings is 1. The molecule has 132 valence electrons. The van der Waals surface area contributed by atoms with Gasteiger partial charge in [-0.1, -0.05) is 23.9 Å². The normalized spacial score (nSPS) is 19.6. The van der Waals surface area contributed by atoms with Crippen molar-refractivity contribution in [3.8, 4) is 0 Å². The molecule has 1 atom stereocenters. The van der Waals surface area contributed by atoms with Crippen LogP contribution >= 0.6 is 23.1 Å². The van der Waals surface area contributed by atoms with Gasteiger partial charge in [0.15, 0.2) is 15.0 Å². The zero-order valence-corrected chi connectivity index (χ0v) is 16.2. The average molecular weight is 395 g/mol. The third kappa shape index (κ3) is 3.73. The molecule has 3 heterocycles. The third-order valence-electron chi connectivity index (χ3n) is 4.39. The Kier molecular flexibility index (Phi) is 4.55. The topological polar surface area (TPSA) is 77.7 Å². The summed E-state index contributed by atoms with van der Waals surface area (Å²) in [5.74, 6) is 2.34. The van der Waals surface area contributed by atoms with Crippen LogP contribution in [-0.4, -0.2) is 39.7 Å². The fraction of sp³-hybridized carbons (Fsp3) is 0.438. The van der Waals surface area contributed by atoms with Gasteiger partial charge in [-0.25, -0.2) is 13.4 Å². The molecule has 4 rings (SSSR count). The van der Waals surface area contributed by atoms with Crippen LogP contribution in [0.2, 0.25) is 0 Å². The largest absolute Gasteiger partial charge is 0.309 e. The van der Waals surface area contributed by atoms with Crippen molar-refractivity contribution in [2.24, 2.45) is 13.0 Å². The number of thiazole rings is 1. The minimum absolute atomic E-state index is 0.162. The maximum atomic E-state index is 11.6. The van der Waals surface area contributed by atoms with Gasteiger partial charge in [0.05, 0.1) is 27.5 Å². The van der Waals surface area contributed by atoms with Gasteiger partial charge in [0.1, 0.15) is 10.8 Å². The van der Waals surface area contributed by atoms with Crippen molar-refractivity contribution in [1.29, 1.82) is 0 Å². The minimum Gasteiger partial charge on any atom is -0.309 e. The fourth-order valence-electron chi connectivity index (χ4n) is 3.05. The number of para-hydroxylation sites is 1. The summed E-state index contributed by atoms with van der Waals surface area (Å²) < 4.78 is 26.4. The molecule has 0 saturated carbocycles. The molecule has 1 aromatic carbocycles. The summed E-state index contributed by atoms with van der Waals surface area (Å²) in [6.45, 7) is 0. The van der Waals surface area contributed by atoms with Crippen LogP contribution in [0.4, 0.5) is 0 Å². The molecule has 1 saturated heterocycles. The van der Waals surface area contributed by atoms with E-state index in [2.05, 4.69) is 21.2 Å². The molecule has 0 amide bonds. The van der Waals surface area contributed by atoms with Crippen LogP contribution in [0.15, 0.2) is 29.4 Å². The van der Waals surface area contributed by atoms with Crippen LogP contribution < -0.4 is 0 Å². The van der Waals surface area contributed by atoms with Gasteiger partial charge in [-0.2, -0.15) is 0 Å². The van der Waals surface area contributed by atoms with E-state index in [1.54, 1.807) is 23.1 Å². The van der Waals surface area contributed by atoms with E-state index in [9.17, 15) is 8.42 Å². The molecule has 2 aromatic heterocycles. The van der Waals surface area contributed by atoms with Crippen molar-refractivity contribution < 1.29 is 8.42 Å². The summed E-state index contributed by atoms with van der Waals surface area (Å²) in [4.78, 5) is 4.64. The second kappa shape index (κ2) is 6.69. The Bertz CT molecular complexity index is 976. The number of thioether (sulfide) groups is 1. The zero-order valence-electron chi connectivity index (χ0n) is 13.8. The Labute approximate surface area is 154 Å². The van der Waals surface area contributed by atoms with Crippen molar-refractivity contribution in [2.75, 3.05) is 11.5 Å². The van der Waals surface area contributed by atoms with E-state index in [0.29, 0.717) is 12.2 Å². The SMILES string of the molecule is Cn1c(C[C@H]2CCS(=O)(=O)C2)nnc1SCc1nc2ccccc2s1. The summed E-state index contributed by atoms with van der Waals surface area (Å²) in [6, 6.07) is 8.13. The van der Waals surface area contributed by atoms with E-state index in [4.69, 9.17) is 0 Å². The third-order valence-corrected chi connectivity index (χ3v) is 8.47. The second-order valence-corrected chi connectivity index (χ2v) is 10.6. The first-order valence-electron chi connectivity index (χ1n) is 8.06. The van der Waals surface area contributed by atoms with Gasteiger partial charge in [0.25, 0.3) is 0 Å². The van der Waals surface area contributed by atoms with E-state index in [1.807, 2.05) is 29.8 Å². The summed E-state index contributed by atoms with van der Waals surface area (Å²) in [5.41, 5.74) is 1.03. The quantitative estimate of drug-likeness (QED) is 0.619. The standard InChI is InChI=1S/C16H18N4O2S3/c1-20-14(8-11-6-7-25(21,22)10-11)18-19-16(20)23-9-15-17-12-4-2-3-5-13(12)24-15/h2-5,11H,6-10H2,1H3/t11-/m1/s1. The zero-order chi connectivity index (χ0) is 17.4. The summed E-state index contributed by atoms with van der Waals surface area (Å²) in [6.07, 6.45) is 1.40. The van der Waals surface area contributed by atoms with Crippen LogP contribution in [0.5, 0.6) is 0 Å². The maximum absolute atomic E-state index is 11.6. The van der Waals surface area contributed by atoms with Crippen molar-refractivity contribution in [3.05, 3.63) is 35.1 Å². The Morgan fingerprint density at radius 2 is 2.16 bits per heavy atom. The smallest absolute Gasteiger partial charge is 0.191 e. The van der Waals surface area contributed by atoms with E-state index in [0.717, 1.165) is 33.7 Å². The van der Waals surface area contributed by atoms with Gasteiger partial charge in [-0.15, -0.1) is 21.5 Å². The molecule has 6 nitrogen and oxygen atoms in total. The number of rotatable bonds is 5. The van der Waals surface area contributed by atoms with Crippen LogP contribution in [0.3, 0.4) is 0 Å². The van der Waals surface area contributed by atoms with E-state index < -0.39 is 9.84 Å². The Morgan fingerprint density at radius 3 is 2.92 bits per heavy atom.